The molecule has 0 aliphatic carbocycles. The average molecular weight is 230 g/mol. The number of benzene rings is 1. The molecule has 3 heteroatoms. The molecular formula is C9H9BrFN. The summed E-state index contributed by atoms with van der Waals surface area (Å²) in [5.74, 6) is 0. The molecule has 1 fully saturated rings. The van der Waals surface area contributed by atoms with Gasteiger partial charge in [0.25, 0.3) is 0 Å². The van der Waals surface area contributed by atoms with Gasteiger partial charge in [0, 0.05) is 23.1 Å². The normalized spacial score (nSPS) is 20.2. The fourth-order valence-electron chi connectivity index (χ4n) is 1.36. The summed E-state index contributed by atoms with van der Waals surface area (Å²) in [6, 6.07) is 7.45. The Kier molecular flexibility index (Phi) is 1.93. The summed E-state index contributed by atoms with van der Waals surface area (Å²) >= 11 is 3.34. The van der Waals surface area contributed by atoms with Crippen LogP contribution in [-0.2, 0) is 5.67 Å². The van der Waals surface area contributed by atoms with Crippen molar-refractivity contribution in [2.45, 2.75) is 5.67 Å². The van der Waals surface area contributed by atoms with Crippen LogP contribution in [0.5, 0.6) is 0 Å². The van der Waals surface area contributed by atoms with E-state index in [2.05, 4.69) is 21.2 Å². The maximum absolute atomic E-state index is 13.8. The van der Waals surface area contributed by atoms with E-state index in [1.165, 1.54) is 0 Å². The highest BCUT2D eigenvalue weighted by Crippen LogP contribution is 2.34. The van der Waals surface area contributed by atoms with Crippen LogP contribution in [0.25, 0.3) is 0 Å². The first-order valence-electron chi connectivity index (χ1n) is 3.87. The predicted octanol–water partition coefficient (Wildman–Crippen LogP) is 2.22. The van der Waals surface area contributed by atoms with E-state index in [-0.39, 0.29) is 0 Å². The molecule has 0 saturated carbocycles. The molecule has 0 aromatic heterocycles. The molecule has 64 valence electrons. The van der Waals surface area contributed by atoms with Crippen molar-refractivity contribution in [1.29, 1.82) is 0 Å². The topological polar surface area (TPSA) is 12.0 Å². The third-order valence-electron chi connectivity index (χ3n) is 2.17. The second-order valence-electron chi connectivity index (χ2n) is 3.05. The fraction of sp³-hybridized carbons (Fsp3) is 0.333. The van der Waals surface area contributed by atoms with Gasteiger partial charge in [-0.05, 0) is 6.07 Å². The van der Waals surface area contributed by atoms with E-state index >= 15 is 0 Å². The first kappa shape index (κ1) is 8.20. The minimum Gasteiger partial charge on any atom is -0.310 e. The van der Waals surface area contributed by atoms with Crippen LogP contribution in [0.3, 0.4) is 0 Å². The van der Waals surface area contributed by atoms with Gasteiger partial charge in [-0.15, -0.1) is 0 Å². The maximum atomic E-state index is 13.8. The van der Waals surface area contributed by atoms with Crippen molar-refractivity contribution >= 4 is 15.9 Å². The summed E-state index contributed by atoms with van der Waals surface area (Å²) in [5, 5.41) is 2.93. The summed E-state index contributed by atoms with van der Waals surface area (Å²) in [7, 11) is 0. The van der Waals surface area contributed by atoms with Crippen molar-refractivity contribution in [2.75, 3.05) is 13.1 Å². The summed E-state index contributed by atoms with van der Waals surface area (Å²) in [6.07, 6.45) is 0. The predicted molar refractivity (Wildman–Crippen MR) is 49.8 cm³/mol. The molecule has 0 bridgehead atoms. The minimum atomic E-state index is -1.15. The van der Waals surface area contributed by atoms with Gasteiger partial charge in [-0.3, -0.25) is 0 Å². The van der Waals surface area contributed by atoms with Crippen LogP contribution in [0.2, 0.25) is 0 Å². The van der Waals surface area contributed by atoms with E-state index in [0.717, 1.165) is 10.0 Å². The van der Waals surface area contributed by atoms with Crippen LogP contribution in [0, 0.1) is 0 Å². The molecule has 0 spiro atoms. The van der Waals surface area contributed by atoms with Crippen molar-refractivity contribution in [1.82, 2.24) is 5.32 Å². The molecule has 0 atom stereocenters. The molecule has 12 heavy (non-hydrogen) atoms. The Bertz CT molecular complexity index is 296. The van der Waals surface area contributed by atoms with Crippen LogP contribution < -0.4 is 5.32 Å². The highest BCUT2D eigenvalue weighted by atomic mass is 79.9. The minimum absolute atomic E-state index is 0.426. The molecule has 1 nitrogen and oxygen atoms in total. The van der Waals surface area contributed by atoms with Crippen LogP contribution >= 0.6 is 15.9 Å². The maximum Gasteiger partial charge on any atom is 0.161 e. The number of rotatable bonds is 1. The Hall–Kier alpha value is -0.410. The Balaban J connectivity index is 2.39. The first-order valence-corrected chi connectivity index (χ1v) is 4.66. The lowest BCUT2D eigenvalue weighted by Crippen LogP contribution is -2.53. The molecule has 2 rings (SSSR count). The zero-order valence-electron chi connectivity index (χ0n) is 6.48. The number of nitrogens with one attached hydrogen (secondary N) is 1. The molecule has 0 radical (unpaired) electrons. The summed E-state index contributed by atoms with van der Waals surface area (Å²) in [5.41, 5.74) is -0.399. The monoisotopic (exact) mass is 229 g/mol. The molecule has 1 aliphatic heterocycles. The fourth-order valence-corrected chi connectivity index (χ4v) is 2.00. The lowest BCUT2D eigenvalue weighted by molar-refractivity contribution is 0.0883. The van der Waals surface area contributed by atoms with Gasteiger partial charge < -0.3 is 5.32 Å². The van der Waals surface area contributed by atoms with E-state index in [1.807, 2.05) is 24.3 Å². The van der Waals surface area contributed by atoms with E-state index < -0.39 is 5.67 Å². The van der Waals surface area contributed by atoms with E-state index in [0.29, 0.717) is 13.1 Å². The quantitative estimate of drug-likeness (QED) is 0.779. The van der Waals surface area contributed by atoms with Crippen LogP contribution in [0.15, 0.2) is 28.7 Å². The Morgan fingerprint density at radius 2 is 2.00 bits per heavy atom. The van der Waals surface area contributed by atoms with Crippen molar-refractivity contribution in [3.8, 4) is 0 Å². The molecule has 1 heterocycles. The Morgan fingerprint density at radius 3 is 2.50 bits per heavy atom. The lowest BCUT2D eigenvalue weighted by atomic mass is 9.90. The zero-order chi connectivity index (χ0) is 8.60. The van der Waals surface area contributed by atoms with Crippen molar-refractivity contribution in [3.63, 3.8) is 0 Å². The van der Waals surface area contributed by atoms with Gasteiger partial charge in [0.15, 0.2) is 5.67 Å². The van der Waals surface area contributed by atoms with Gasteiger partial charge in [0.05, 0.1) is 0 Å². The molecule has 0 amide bonds. The number of hydrogen-bond donors (Lipinski definition) is 1. The molecule has 1 N–H and O–H groups in total. The SMILES string of the molecule is FC1(c2ccccc2Br)CNC1. The highest BCUT2D eigenvalue weighted by Gasteiger charge is 2.39. The largest absolute Gasteiger partial charge is 0.310 e. The van der Waals surface area contributed by atoms with Gasteiger partial charge >= 0.3 is 0 Å². The first-order chi connectivity index (χ1) is 5.72. The molecule has 1 aromatic rings. The molecular weight excluding hydrogens is 221 g/mol. The third-order valence-corrected chi connectivity index (χ3v) is 2.86. The third kappa shape index (κ3) is 1.17. The van der Waals surface area contributed by atoms with E-state index in [9.17, 15) is 4.39 Å². The van der Waals surface area contributed by atoms with Crippen LogP contribution in [-0.4, -0.2) is 13.1 Å². The number of alkyl halides is 1. The van der Waals surface area contributed by atoms with Gasteiger partial charge in [0.2, 0.25) is 0 Å². The van der Waals surface area contributed by atoms with Gasteiger partial charge in [-0.1, -0.05) is 34.1 Å². The summed E-state index contributed by atoms with van der Waals surface area (Å²) < 4.78 is 14.7. The standard InChI is InChI=1S/C9H9BrFN/c10-8-4-2-1-3-7(8)9(11)5-12-6-9/h1-4,12H,5-6H2. The van der Waals surface area contributed by atoms with Gasteiger partial charge in [-0.2, -0.15) is 0 Å². The highest BCUT2D eigenvalue weighted by molar-refractivity contribution is 9.10. The number of hydrogen-bond acceptors (Lipinski definition) is 1. The zero-order valence-corrected chi connectivity index (χ0v) is 8.07. The van der Waals surface area contributed by atoms with Crippen LogP contribution in [0.4, 0.5) is 4.39 Å². The van der Waals surface area contributed by atoms with E-state index in [4.69, 9.17) is 0 Å². The van der Waals surface area contributed by atoms with E-state index in [1.54, 1.807) is 0 Å². The Morgan fingerprint density at radius 1 is 1.33 bits per heavy atom. The molecule has 1 saturated heterocycles. The van der Waals surface area contributed by atoms with Gasteiger partial charge in [-0.25, -0.2) is 4.39 Å². The van der Waals surface area contributed by atoms with Crippen molar-refractivity contribution in [3.05, 3.63) is 34.3 Å². The molecule has 1 aliphatic rings. The second kappa shape index (κ2) is 2.82. The van der Waals surface area contributed by atoms with Crippen LogP contribution in [0.1, 0.15) is 5.56 Å². The summed E-state index contributed by atoms with van der Waals surface area (Å²) in [4.78, 5) is 0. The molecule has 1 aromatic carbocycles. The van der Waals surface area contributed by atoms with Crippen molar-refractivity contribution < 1.29 is 4.39 Å². The average Bonchev–Trinajstić information content (AvgIpc) is 2.01. The molecule has 0 unspecified atom stereocenters. The second-order valence-corrected chi connectivity index (χ2v) is 3.90. The van der Waals surface area contributed by atoms with Gasteiger partial charge in [0.1, 0.15) is 0 Å². The number of halogens is 2. The smallest absolute Gasteiger partial charge is 0.161 e. The Labute approximate surface area is 79.1 Å². The summed E-state index contributed by atoms with van der Waals surface area (Å²) in [6.45, 7) is 0.852. The van der Waals surface area contributed by atoms with Crippen molar-refractivity contribution in [2.24, 2.45) is 0 Å². The lowest BCUT2D eigenvalue weighted by Gasteiger charge is -2.35.